The van der Waals surface area contributed by atoms with Crippen LogP contribution in [0.5, 0.6) is 0 Å². The number of nitrogens with one attached hydrogen (secondary N) is 2. The Labute approximate surface area is 169 Å². The van der Waals surface area contributed by atoms with Gasteiger partial charge in [0, 0.05) is 27.0 Å². The molecule has 28 heavy (non-hydrogen) atoms. The zero-order chi connectivity index (χ0) is 20.1. The minimum atomic E-state index is -1.07. The molecular formula is C21H15BrN2O4. The predicted molar refractivity (Wildman–Crippen MR) is 110 cm³/mol. The van der Waals surface area contributed by atoms with Crippen LogP contribution in [0.2, 0.25) is 0 Å². The first-order valence-corrected chi connectivity index (χ1v) is 9.03. The molecule has 0 bridgehead atoms. The highest BCUT2D eigenvalue weighted by molar-refractivity contribution is 9.10. The maximum Gasteiger partial charge on any atom is 0.335 e. The van der Waals surface area contributed by atoms with Crippen molar-refractivity contribution in [3.05, 3.63) is 94.0 Å². The van der Waals surface area contributed by atoms with Gasteiger partial charge >= 0.3 is 5.97 Å². The van der Waals surface area contributed by atoms with Crippen molar-refractivity contribution in [2.45, 2.75) is 0 Å². The molecule has 0 radical (unpaired) electrons. The van der Waals surface area contributed by atoms with E-state index in [9.17, 15) is 14.4 Å². The highest BCUT2D eigenvalue weighted by atomic mass is 79.9. The van der Waals surface area contributed by atoms with Crippen molar-refractivity contribution < 1.29 is 19.5 Å². The fraction of sp³-hybridized carbons (Fsp3) is 0. The van der Waals surface area contributed by atoms with Gasteiger partial charge in [0.05, 0.1) is 5.56 Å². The van der Waals surface area contributed by atoms with E-state index in [0.29, 0.717) is 22.5 Å². The third-order valence-corrected chi connectivity index (χ3v) is 4.41. The number of halogens is 1. The van der Waals surface area contributed by atoms with E-state index in [1.54, 1.807) is 60.7 Å². The summed E-state index contributed by atoms with van der Waals surface area (Å²) < 4.78 is 0.883. The summed E-state index contributed by atoms with van der Waals surface area (Å²) in [6.45, 7) is 0. The minimum Gasteiger partial charge on any atom is -0.478 e. The third kappa shape index (κ3) is 4.83. The van der Waals surface area contributed by atoms with Crippen molar-refractivity contribution >= 4 is 45.1 Å². The predicted octanol–water partition coefficient (Wildman–Crippen LogP) is 4.65. The van der Waals surface area contributed by atoms with Crippen molar-refractivity contribution in [1.29, 1.82) is 0 Å². The number of carbonyl (C=O) groups is 3. The quantitative estimate of drug-likeness (QED) is 0.539. The number of hydrogen-bond donors (Lipinski definition) is 3. The van der Waals surface area contributed by atoms with Gasteiger partial charge in [-0.25, -0.2) is 4.79 Å². The van der Waals surface area contributed by atoms with Crippen LogP contribution in [0.25, 0.3) is 0 Å². The van der Waals surface area contributed by atoms with Crippen LogP contribution in [0.4, 0.5) is 11.4 Å². The van der Waals surface area contributed by atoms with Gasteiger partial charge < -0.3 is 15.7 Å². The number of carboxylic acid groups (broad SMARTS) is 1. The van der Waals surface area contributed by atoms with Gasteiger partial charge in [-0.2, -0.15) is 0 Å². The van der Waals surface area contributed by atoms with Crippen LogP contribution >= 0.6 is 15.9 Å². The summed E-state index contributed by atoms with van der Waals surface area (Å²) in [4.78, 5) is 35.6. The van der Waals surface area contributed by atoms with Crippen LogP contribution in [0.1, 0.15) is 31.1 Å². The van der Waals surface area contributed by atoms with Gasteiger partial charge in [0.1, 0.15) is 0 Å². The molecule has 0 aliphatic heterocycles. The van der Waals surface area contributed by atoms with Crippen molar-refractivity contribution in [2.24, 2.45) is 0 Å². The smallest absolute Gasteiger partial charge is 0.335 e. The third-order valence-electron chi connectivity index (χ3n) is 3.88. The summed E-state index contributed by atoms with van der Waals surface area (Å²) >= 11 is 3.32. The van der Waals surface area contributed by atoms with E-state index in [1.165, 1.54) is 12.1 Å². The molecule has 0 saturated heterocycles. The Morgan fingerprint density at radius 2 is 1.21 bits per heavy atom. The molecule has 0 unspecified atom stereocenters. The molecule has 140 valence electrons. The monoisotopic (exact) mass is 438 g/mol. The van der Waals surface area contributed by atoms with Crippen LogP contribution < -0.4 is 10.6 Å². The van der Waals surface area contributed by atoms with Crippen molar-refractivity contribution in [2.75, 3.05) is 10.6 Å². The molecule has 0 fully saturated rings. The van der Waals surface area contributed by atoms with E-state index < -0.39 is 5.97 Å². The molecule has 0 atom stereocenters. The summed E-state index contributed by atoms with van der Waals surface area (Å²) in [7, 11) is 0. The molecule has 0 aliphatic rings. The van der Waals surface area contributed by atoms with E-state index in [-0.39, 0.29) is 17.4 Å². The SMILES string of the molecule is O=C(O)c1cccc(NC(=O)c2ccc(NC(=O)c3ccc(Br)cc3)cc2)c1. The molecule has 0 aromatic heterocycles. The number of amides is 2. The lowest BCUT2D eigenvalue weighted by atomic mass is 10.1. The number of aromatic carboxylic acids is 1. The average Bonchev–Trinajstić information content (AvgIpc) is 2.69. The number of rotatable bonds is 5. The maximum absolute atomic E-state index is 12.3. The molecule has 3 N–H and O–H groups in total. The van der Waals surface area contributed by atoms with E-state index >= 15 is 0 Å². The Morgan fingerprint density at radius 3 is 1.79 bits per heavy atom. The lowest BCUT2D eigenvalue weighted by molar-refractivity contribution is 0.0696. The lowest BCUT2D eigenvalue weighted by Gasteiger charge is -2.08. The summed E-state index contributed by atoms with van der Waals surface area (Å²) in [5.41, 5.74) is 1.92. The first kappa shape index (κ1) is 19.3. The van der Waals surface area contributed by atoms with Crippen molar-refractivity contribution in [3.8, 4) is 0 Å². The fourth-order valence-corrected chi connectivity index (χ4v) is 2.71. The first-order valence-electron chi connectivity index (χ1n) is 8.24. The summed E-state index contributed by atoms with van der Waals surface area (Å²) in [6.07, 6.45) is 0. The van der Waals surface area contributed by atoms with E-state index in [0.717, 1.165) is 4.47 Å². The normalized spacial score (nSPS) is 10.2. The lowest BCUT2D eigenvalue weighted by Crippen LogP contribution is -2.14. The van der Waals surface area contributed by atoms with Crippen LogP contribution in [-0.2, 0) is 0 Å². The Bertz CT molecular complexity index is 1030. The number of hydrogen-bond acceptors (Lipinski definition) is 3. The maximum atomic E-state index is 12.3. The van der Waals surface area contributed by atoms with Crippen LogP contribution in [0, 0.1) is 0 Å². The van der Waals surface area contributed by atoms with Crippen LogP contribution in [0.15, 0.2) is 77.3 Å². The number of carboxylic acids is 1. The molecular weight excluding hydrogens is 424 g/mol. The van der Waals surface area contributed by atoms with Crippen molar-refractivity contribution in [1.82, 2.24) is 0 Å². The minimum absolute atomic E-state index is 0.0869. The van der Waals surface area contributed by atoms with Gasteiger partial charge in [-0.15, -0.1) is 0 Å². The van der Waals surface area contributed by atoms with Crippen molar-refractivity contribution in [3.63, 3.8) is 0 Å². The molecule has 0 aliphatic carbocycles. The summed E-state index contributed by atoms with van der Waals surface area (Å²) in [5.74, 6) is -1.70. The molecule has 0 spiro atoms. The Kier molecular flexibility index (Phi) is 5.86. The first-order chi connectivity index (χ1) is 13.4. The second-order valence-corrected chi connectivity index (χ2v) is 6.79. The zero-order valence-corrected chi connectivity index (χ0v) is 16.1. The highest BCUT2D eigenvalue weighted by Crippen LogP contribution is 2.16. The van der Waals surface area contributed by atoms with Gasteiger partial charge in [-0.3, -0.25) is 9.59 Å². The topological polar surface area (TPSA) is 95.5 Å². The molecule has 3 aromatic carbocycles. The molecule has 3 aromatic rings. The van der Waals surface area contributed by atoms with Gasteiger partial charge in [0.15, 0.2) is 0 Å². The second kappa shape index (κ2) is 8.49. The Balaban J connectivity index is 1.65. The zero-order valence-electron chi connectivity index (χ0n) is 14.5. The number of benzene rings is 3. The Morgan fingerprint density at radius 1 is 0.679 bits per heavy atom. The molecule has 0 saturated carbocycles. The van der Waals surface area contributed by atoms with E-state index in [2.05, 4.69) is 26.6 Å². The molecule has 2 amide bonds. The van der Waals surface area contributed by atoms with Gasteiger partial charge in [-0.05, 0) is 66.7 Å². The largest absolute Gasteiger partial charge is 0.478 e. The van der Waals surface area contributed by atoms with Crippen LogP contribution in [0.3, 0.4) is 0 Å². The summed E-state index contributed by atoms with van der Waals surface area (Å²) in [6, 6.07) is 19.4. The second-order valence-electron chi connectivity index (χ2n) is 5.88. The van der Waals surface area contributed by atoms with Gasteiger partial charge in [0.25, 0.3) is 11.8 Å². The van der Waals surface area contributed by atoms with Gasteiger partial charge in [-0.1, -0.05) is 22.0 Å². The highest BCUT2D eigenvalue weighted by Gasteiger charge is 2.10. The standard InChI is InChI=1S/C21H15BrN2O4/c22-16-8-4-13(5-9-16)19(25)23-17-10-6-14(7-11-17)20(26)24-18-3-1-2-15(12-18)21(27)28/h1-12H,(H,23,25)(H,24,26)(H,27,28). The fourth-order valence-electron chi connectivity index (χ4n) is 2.44. The van der Waals surface area contributed by atoms with E-state index in [4.69, 9.17) is 5.11 Å². The molecule has 6 nitrogen and oxygen atoms in total. The summed E-state index contributed by atoms with van der Waals surface area (Å²) in [5, 5.41) is 14.4. The average molecular weight is 439 g/mol. The number of carbonyl (C=O) groups excluding carboxylic acids is 2. The van der Waals surface area contributed by atoms with E-state index in [1.807, 2.05) is 0 Å². The molecule has 7 heteroatoms. The van der Waals surface area contributed by atoms with Crippen LogP contribution in [-0.4, -0.2) is 22.9 Å². The van der Waals surface area contributed by atoms with Gasteiger partial charge in [0.2, 0.25) is 0 Å². The molecule has 0 heterocycles. The number of anilines is 2. The Hall–Kier alpha value is -3.45. The molecule has 3 rings (SSSR count).